The predicted molar refractivity (Wildman–Crippen MR) is 56.0 cm³/mol. The van der Waals surface area contributed by atoms with E-state index in [2.05, 4.69) is 0 Å². The quantitative estimate of drug-likeness (QED) is 0.631. The van der Waals surface area contributed by atoms with Crippen molar-refractivity contribution in [1.82, 2.24) is 0 Å². The number of hydrogen-bond acceptors (Lipinski definition) is 5. The van der Waals surface area contributed by atoms with Crippen LogP contribution >= 0.6 is 0 Å². The lowest BCUT2D eigenvalue weighted by atomic mass is 10.0. The van der Waals surface area contributed by atoms with Crippen molar-refractivity contribution in [2.45, 2.75) is 32.4 Å². The molecule has 0 spiro atoms. The molecule has 0 saturated carbocycles. The van der Waals surface area contributed by atoms with E-state index in [0.29, 0.717) is 0 Å². The molecule has 1 aliphatic rings. The SMILES string of the molecule is CC(C)(C)OC(=O)[C@@H]1CS(=O)(=O)C[C@H]1N. The summed E-state index contributed by atoms with van der Waals surface area (Å²) < 4.78 is 27.6. The second kappa shape index (κ2) is 3.75. The van der Waals surface area contributed by atoms with E-state index in [1.54, 1.807) is 20.8 Å². The summed E-state index contributed by atoms with van der Waals surface area (Å²) in [5.74, 6) is -1.55. The van der Waals surface area contributed by atoms with Gasteiger partial charge in [0, 0.05) is 6.04 Å². The van der Waals surface area contributed by atoms with Crippen molar-refractivity contribution in [1.29, 1.82) is 0 Å². The first-order valence-corrected chi connectivity index (χ1v) is 6.62. The summed E-state index contributed by atoms with van der Waals surface area (Å²) in [6, 6.07) is -0.634. The smallest absolute Gasteiger partial charge is 0.312 e. The normalized spacial score (nSPS) is 30.1. The molecule has 0 bridgehead atoms. The van der Waals surface area contributed by atoms with Crippen molar-refractivity contribution in [2.24, 2.45) is 11.7 Å². The van der Waals surface area contributed by atoms with E-state index >= 15 is 0 Å². The number of carbonyl (C=O) groups is 1. The van der Waals surface area contributed by atoms with E-state index in [9.17, 15) is 13.2 Å². The Balaban J connectivity index is 2.71. The summed E-state index contributed by atoms with van der Waals surface area (Å²) in [5.41, 5.74) is 4.99. The first-order chi connectivity index (χ1) is 6.61. The molecule has 15 heavy (non-hydrogen) atoms. The van der Waals surface area contributed by atoms with Gasteiger partial charge in [-0.2, -0.15) is 0 Å². The molecular weight excluding hydrogens is 218 g/mol. The molecule has 1 saturated heterocycles. The molecule has 0 aliphatic carbocycles. The fourth-order valence-electron chi connectivity index (χ4n) is 1.49. The highest BCUT2D eigenvalue weighted by Gasteiger charge is 2.41. The van der Waals surface area contributed by atoms with E-state index in [4.69, 9.17) is 10.5 Å². The summed E-state index contributed by atoms with van der Waals surface area (Å²) in [5, 5.41) is 0. The molecular formula is C9H17NO4S. The van der Waals surface area contributed by atoms with Crippen LogP contribution in [0, 0.1) is 5.92 Å². The third-order valence-electron chi connectivity index (χ3n) is 2.11. The lowest BCUT2D eigenvalue weighted by Gasteiger charge is -2.22. The van der Waals surface area contributed by atoms with Crippen molar-refractivity contribution in [3.8, 4) is 0 Å². The first-order valence-electron chi connectivity index (χ1n) is 4.79. The minimum Gasteiger partial charge on any atom is -0.460 e. The lowest BCUT2D eigenvalue weighted by molar-refractivity contribution is -0.159. The summed E-state index contributed by atoms with van der Waals surface area (Å²) in [6.45, 7) is 5.21. The summed E-state index contributed by atoms with van der Waals surface area (Å²) in [6.07, 6.45) is 0. The molecule has 1 fully saturated rings. The third kappa shape index (κ3) is 3.46. The Labute approximate surface area is 89.9 Å². The van der Waals surface area contributed by atoms with Crippen molar-refractivity contribution in [3.05, 3.63) is 0 Å². The lowest BCUT2D eigenvalue weighted by Crippen LogP contribution is -2.38. The van der Waals surface area contributed by atoms with Crippen molar-refractivity contribution in [3.63, 3.8) is 0 Å². The zero-order valence-corrected chi connectivity index (χ0v) is 10.0. The molecule has 6 heteroatoms. The van der Waals surface area contributed by atoms with Crippen LogP contribution in [0.15, 0.2) is 0 Å². The first kappa shape index (κ1) is 12.4. The van der Waals surface area contributed by atoms with Crippen LogP contribution in [0.1, 0.15) is 20.8 Å². The van der Waals surface area contributed by atoms with Crippen LogP contribution in [0.2, 0.25) is 0 Å². The number of carbonyl (C=O) groups excluding carboxylic acids is 1. The molecule has 1 rings (SSSR count). The number of ether oxygens (including phenoxy) is 1. The second-order valence-corrected chi connectivity index (χ2v) is 7.03. The number of hydrogen-bond donors (Lipinski definition) is 1. The second-order valence-electron chi connectivity index (χ2n) is 4.88. The molecule has 88 valence electrons. The standard InChI is InChI=1S/C9H17NO4S/c1-9(2,3)14-8(11)6-4-15(12,13)5-7(6)10/h6-7H,4-5,10H2,1-3H3/t6-,7-/m1/s1. The molecule has 0 aromatic heterocycles. The largest absolute Gasteiger partial charge is 0.460 e. The van der Waals surface area contributed by atoms with Gasteiger partial charge in [-0.25, -0.2) is 8.42 Å². The van der Waals surface area contributed by atoms with Gasteiger partial charge in [0.05, 0.1) is 17.4 Å². The number of sulfone groups is 1. The van der Waals surface area contributed by atoms with Crippen molar-refractivity contribution >= 4 is 15.8 Å². The third-order valence-corrected chi connectivity index (χ3v) is 3.87. The van der Waals surface area contributed by atoms with Gasteiger partial charge in [0.15, 0.2) is 9.84 Å². The maximum atomic E-state index is 11.6. The zero-order chi connectivity index (χ0) is 11.9. The molecule has 2 N–H and O–H groups in total. The summed E-state index contributed by atoms with van der Waals surface area (Å²) in [7, 11) is -3.17. The van der Waals surface area contributed by atoms with Crippen LogP contribution in [0.25, 0.3) is 0 Å². The maximum Gasteiger partial charge on any atom is 0.312 e. The maximum absolute atomic E-state index is 11.6. The van der Waals surface area contributed by atoms with Crippen LogP contribution in [-0.2, 0) is 19.4 Å². The van der Waals surface area contributed by atoms with Crippen LogP contribution < -0.4 is 5.73 Å². The number of nitrogens with two attached hydrogens (primary N) is 1. The summed E-state index contributed by atoms with van der Waals surface area (Å²) in [4.78, 5) is 11.6. The minimum atomic E-state index is -3.17. The van der Waals surface area contributed by atoms with Gasteiger partial charge < -0.3 is 10.5 Å². The highest BCUT2D eigenvalue weighted by Crippen LogP contribution is 2.21. The Hall–Kier alpha value is -0.620. The van der Waals surface area contributed by atoms with Crippen LogP contribution in [-0.4, -0.2) is 37.5 Å². The van der Waals surface area contributed by atoms with Gasteiger partial charge in [0.2, 0.25) is 0 Å². The predicted octanol–water partition coefficient (Wildman–Crippen LogP) is -0.300. The molecule has 0 aromatic carbocycles. The van der Waals surface area contributed by atoms with Gasteiger partial charge in [-0.1, -0.05) is 0 Å². The van der Waals surface area contributed by atoms with E-state index in [-0.39, 0.29) is 11.5 Å². The zero-order valence-electron chi connectivity index (χ0n) is 9.19. The Morgan fingerprint density at radius 3 is 2.20 bits per heavy atom. The van der Waals surface area contributed by atoms with Gasteiger partial charge in [0.25, 0.3) is 0 Å². The molecule has 5 nitrogen and oxygen atoms in total. The van der Waals surface area contributed by atoms with Gasteiger partial charge in [-0.05, 0) is 20.8 Å². The average Bonchev–Trinajstić information content (AvgIpc) is 2.20. The van der Waals surface area contributed by atoms with Crippen LogP contribution in [0.5, 0.6) is 0 Å². The number of esters is 1. The highest BCUT2D eigenvalue weighted by atomic mass is 32.2. The minimum absolute atomic E-state index is 0.128. The molecule has 2 atom stereocenters. The van der Waals surface area contributed by atoms with Crippen LogP contribution in [0.4, 0.5) is 0 Å². The van der Waals surface area contributed by atoms with Gasteiger partial charge in [-0.15, -0.1) is 0 Å². The van der Waals surface area contributed by atoms with E-state index in [0.717, 1.165) is 0 Å². The monoisotopic (exact) mass is 235 g/mol. The summed E-state index contributed by atoms with van der Waals surface area (Å²) >= 11 is 0. The van der Waals surface area contributed by atoms with E-state index in [1.807, 2.05) is 0 Å². The van der Waals surface area contributed by atoms with E-state index < -0.39 is 33.4 Å². The fourth-order valence-corrected chi connectivity index (χ4v) is 3.38. The molecule has 1 heterocycles. The van der Waals surface area contributed by atoms with Gasteiger partial charge in [-0.3, -0.25) is 4.79 Å². The van der Waals surface area contributed by atoms with Crippen molar-refractivity contribution in [2.75, 3.05) is 11.5 Å². The van der Waals surface area contributed by atoms with Crippen molar-refractivity contribution < 1.29 is 17.9 Å². The van der Waals surface area contributed by atoms with Gasteiger partial charge in [0.1, 0.15) is 5.60 Å². The average molecular weight is 235 g/mol. The Morgan fingerprint density at radius 1 is 1.33 bits per heavy atom. The molecule has 0 amide bonds. The molecule has 1 aliphatic heterocycles. The van der Waals surface area contributed by atoms with E-state index in [1.165, 1.54) is 0 Å². The Kier molecular flexibility index (Phi) is 3.11. The molecule has 0 radical (unpaired) electrons. The Bertz CT molecular complexity index is 355. The number of rotatable bonds is 1. The highest BCUT2D eigenvalue weighted by molar-refractivity contribution is 7.91. The fraction of sp³-hybridized carbons (Fsp3) is 0.889. The van der Waals surface area contributed by atoms with Crippen LogP contribution in [0.3, 0.4) is 0 Å². The molecule has 0 aromatic rings. The van der Waals surface area contributed by atoms with Gasteiger partial charge >= 0.3 is 5.97 Å². The molecule has 0 unspecified atom stereocenters. The topological polar surface area (TPSA) is 86.5 Å². The Morgan fingerprint density at radius 2 is 1.87 bits per heavy atom.